The van der Waals surface area contributed by atoms with Crippen LogP contribution in [0.5, 0.6) is 0 Å². The van der Waals surface area contributed by atoms with E-state index in [4.69, 9.17) is 0 Å². The monoisotopic (exact) mass is 708 g/mol. The molecular weight excluding hydrogens is 655 g/mol. The number of hydrogen-bond acceptors (Lipinski definition) is 0. The zero-order valence-electron chi connectivity index (χ0n) is 29.8. The summed E-state index contributed by atoms with van der Waals surface area (Å²) < 4.78 is 1.51. The molecule has 0 saturated carbocycles. The molecule has 0 radical (unpaired) electrons. The van der Waals surface area contributed by atoms with Crippen molar-refractivity contribution < 1.29 is 49.0 Å². The third kappa shape index (κ3) is 8.15. The van der Waals surface area contributed by atoms with Gasteiger partial charge in [-0.3, -0.25) is 6.08 Å². The summed E-state index contributed by atoms with van der Waals surface area (Å²) in [4.78, 5) is 0. The summed E-state index contributed by atoms with van der Waals surface area (Å²) in [5.74, 6) is 0. The molecule has 3 aliphatic rings. The van der Waals surface area contributed by atoms with Crippen LogP contribution in [0, 0.1) is 11.5 Å². The number of benzene rings is 2. The number of halogens is 2. The Balaban J connectivity index is 0.000000380. The van der Waals surface area contributed by atoms with E-state index in [1.165, 1.54) is 56.0 Å². The minimum absolute atomic E-state index is 0. The maximum atomic E-state index is 3.16. The van der Waals surface area contributed by atoms with Crippen LogP contribution in [0.25, 0.3) is 21.5 Å². The van der Waals surface area contributed by atoms with E-state index in [9.17, 15) is 0 Å². The van der Waals surface area contributed by atoms with Gasteiger partial charge in [0.1, 0.15) is 0 Å². The predicted octanol–water partition coefficient (Wildman–Crippen LogP) is 5.89. The molecule has 0 spiro atoms. The molecule has 0 bridgehead atoms. The minimum Gasteiger partial charge on any atom is -1.00 e. The molecule has 44 heavy (non-hydrogen) atoms. The van der Waals surface area contributed by atoms with Crippen LogP contribution in [-0.4, -0.2) is 3.21 Å². The maximum absolute atomic E-state index is 3.16. The largest absolute Gasteiger partial charge is 1.00 e. The van der Waals surface area contributed by atoms with Crippen molar-refractivity contribution in [2.45, 2.75) is 144 Å². The van der Waals surface area contributed by atoms with Crippen LogP contribution in [0.3, 0.4) is 0 Å². The fourth-order valence-corrected chi connectivity index (χ4v) is 7.05. The van der Waals surface area contributed by atoms with Gasteiger partial charge in [0.2, 0.25) is 0 Å². The topological polar surface area (TPSA) is 0 Å². The second-order valence-corrected chi connectivity index (χ2v) is 19.6. The molecule has 0 fully saturated rings. The molecule has 0 atom stereocenters. The Bertz CT molecular complexity index is 1470. The van der Waals surface area contributed by atoms with E-state index >= 15 is 0 Å². The first kappa shape index (κ1) is 39.3. The SMILES string of the molecule is CC(C)(C)C1=CC[C-]=C1.CC1(C)CCC(C)(C)c2cc3c(cc21)[cH-]c1cc2c(cc13)C(C)(C)CCC2(C)C.C[C](C)=[Zr+2].[Cl-].[Cl-]. The number of fused-ring (bicyclic) bond motifs is 5. The Hall–Kier alpha value is -0.877. The van der Waals surface area contributed by atoms with E-state index in [0.29, 0.717) is 5.41 Å². The van der Waals surface area contributed by atoms with Crippen molar-refractivity contribution in [3.8, 4) is 0 Å². The van der Waals surface area contributed by atoms with Gasteiger partial charge in [-0.05, 0) is 47.3 Å². The normalized spacial score (nSPS) is 20.0. The van der Waals surface area contributed by atoms with E-state index in [-0.39, 0.29) is 46.5 Å². The van der Waals surface area contributed by atoms with Crippen LogP contribution in [-0.2, 0) is 45.9 Å². The van der Waals surface area contributed by atoms with Crippen molar-refractivity contribution in [2.75, 3.05) is 0 Å². The van der Waals surface area contributed by atoms with Crippen molar-refractivity contribution in [2.24, 2.45) is 5.41 Å². The first-order valence-corrected chi connectivity index (χ1v) is 17.4. The molecule has 0 aromatic heterocycles. The van der Waals surface area contributed by atoms with Crippen LogP contribution >= 0.6 is 0 Å². The Morgan fingerprint density at radius 1 is 0.659 bits per heavy atom. The summed E-state index contributed by atoms with van der Waals surface area (Å²) >= 11 is 1.55. The van der Waals surface area contributed by atoms with Crippen molar-refractivity contribution >= 4 is 24.8 Å². The van der Waals surface area contributed by atoms with Crippen molar-refractivity contribution in [3.05, 3.63) is 76.4 Å². The molecule has 0 heterocycles. The van der Waals surface area contributed by atoms with Crippen molar-refractivity contribution in [1.82, 2.24) is 0 Å². The molecule has 3 heteroatoms. The average molecular weight is 711 g/mol. The molecule has 0 unspecified atom stereocenters. The van der Waals surface area contributed by atoms with E-state index in [1.807, 2.05) is 0 Å². The second-order valence-electron chi connectivity index (χ2n) is 17.1. The molecule has 0 aliphatic heterocycles. The third-order valence-corrected chi connectivity index (χ3v) is 10.2. The molecule has 3 aliphatic carbocycles. The Morgan fingerprint density at radius 2 is 0.977 bits per heavy atom. The molecule has 0 saturated heterocycles. The van der Waals surface area contributed by atoms with E-state index in [2.05, 4.69) is 139 Å². The average Bonchev–Trinajstić information content (AvgIpc) is 3.52. The summed E-state index contributed by atoms with van der Waals surface area (Å²) in [6, 6.07) is 12.6. The third-order valence-electron chi connectivity index (χ3n) is 10.2. The summed E-state index contributed by atoms with van der Waals surface area (Å²) in [7, 11) is 0. The quantitative estimate of drug-likeness (QED) is 0.256. The van der Waals surface area contributed by atoms with E-state index < -0.39 is 0 Å². The van der Waals surface area contributed by atoms with E-state index in [1.54, 1.807) is 46.5 Å². The predicted molar refractivity (Wildman–Crippen MR) is 184 cm³/mol. The van der Waals surface area contributed by atoms with Gasteiger partial charge in [-0.1, -0.05) is 116 Å². The molecule has 240 valence electrons. The first-order valence-electron chi connectivity index (χ1n) is 16.2. The molecular formula is C41H56Cl2Zr-2. The van der Waals surface area contributed by atoms with Gasteiger partial charge in [-0.15, -0.1) is 46.2 Å². The van der Waals surface area contributed by atoms with Crippen LogP contribution < -0.4 is 24.8 Å². The van der Waals surface area contributed by atoms with Gasteiger partial charge in [0.15, 0.2) is 0 Å². The smallest absolute Gasteiger partial charge is 1.00 e. The molecule has 0 nitrogen and oxygen atoms in total. The molecule has 0 N–H and O–H groups in total. The Morgan fingerprint density at radius 3 is 1.23 bits per heavy atom. The summed E-state index contributed by atoms with van der Waals surface area (Å²) in [5.41, 5.74) is 9.10. The van der Waals surface area contributed by atoms with Gasteiger partial charge in [0.25, 0.3) is 0 Å². The first-order chi connectivity index (χ1) is 19.2. The van der Waals surface area contributed by atoms with E-state index in [0.717, 1.165) is 6.42 Å². The Kier molecular flexibility index (Phi) is 12.2. The van der Waals surface area contributed by atoms with Crippen LogP contribution in [0.4, 0.5) is 0 Å². The van der Waals surface area contributed by atoms with Crippen LogP contribution in [0.15, 0.2) is 48.1 Å². The maximum Gasteiger partial charge on any atom is -1.00 e. The zero-order chi connectivity index (χ0) is 31.5. The minimum atomic E-state index is 0. The molecule has 3 aromatic carbocycles. The van der Waals surface area contributed by atoms with Crippen LogP contribution in [0.1, 0.15) is 144 Å². The van der Waals surface area contributed by atoms with Gasteiger partial charge in [-0.25, -0.2) is 6.08 Å². The molecule has 0 amide bonds. The summed E-state index contributed by atoms with van der Waals surface area (Å²) in [5, 5.41) is 5.79. The molecule has 3 aromatic rings. The molecule has 6 rings (SSSR count). The zero-order valence-corrected chi connectivity index (χ0v) is 33.8. The Labute approximate surface area is 297 Å². The number of rotatable bonds is 0. The van der Waals surface area contributed by atoms with Gasteiger partial charge in [0.05, 0.1) is 0 Å². The van der Waals surface area contributed by atoms with Gasteiger partial charge >= 0.3 is 41.3 Å². The van der Waals surface area contributed by atoms with Gasteiger partial charge in [0, 0.05) is 0 Å². The number of hydrogen-bond donors (Lipinski definition) is 0. The van der Waals surface area contributed by atoms with Crippen LogP contribution in [0.2, 0.25) is 0 Å². The second kappa shape index (κ2) is 13.7. The fourth-order valence-electron chi connectivity index (χ4n) is 7.05. The van der Waals surface area contributed by atoms with Crippen molar-refractivity contribution in [3.63, 3.8) is 0 Å². The van der Waals surface area contributed by atoms with Gasteiger partial charge < -0.3 is 24.8 Å². The summed E-state index contributed by atoms with van der Waals surface area (Å²) in [6.45, 7) is 30.4. The number of allylic oxidation sites excluding steroid dienone is 4. The van der Waals surface area contributed by atoms with Gasteiger partial charge in [-0.2, -0.15) is 11.6 Å². The summed E-state index contributed by atoms with van der Waals surface area (Å²) in [6.07, 6.45) is 13.6. The van der Waals surface area contributed by atoms with Crippen molar-refractivity contribution in [1.29, 1.82) is 0 Å². The standard InChI is InChI=1S/C29H37.C9H13.C3H6.2ClH.Zr/c1-26(2)9-11-28(5,6)24-16-20-18(14-22(24)26)13-19-15-23-25(17-21(19)20)29(7,8)12-10-27(23,3)4;1-9(2,3)8-6-4-5-7-8;1-3-2;;;/h13-17H,9-12H2,1-8H3;6-7H,4H2,1-3H3;1-2H3;2*1H;/q2*-1;;;;+2/p-2. The fraction of sp³-hybridized carbons (Fsp3) is 0.561.